The largest absolute Gasteiger partial charge is 0.303 e. The summed E-state index contributed by atoms with van der Waals surface area (Å²) in [6.45, 7) is 4.97. The van der Waals surface area contributed by atoms with Gasteiger partial charge in [0.2, 0.25) is 16.0 Å². The van der Waals surface area contributed by atoms with E-state index in [1.165, 1.54) is 16.7 Å². The van der Waals surface area contributed by atoms with Crippen LogP contribution in [0.25, 0.3) is 0 Å². The van der Waals surface area contributed by atoms with Crippen molar-refractivity contribution >= 4 is 16.0 Å². The van der Waals surface area contributed by atoms with Crippen molar-refractivity contribution in [2.24, 2.45) is 5.84 Å². The number of nitrogen functional groups attached to an aromatic ring is 1. The van der Waals surface area contributed by atoms with Crippen LogP contribution in [-0.2, 0) is 10.0 Å². The lowest BCUT2D eigenvalue weighted by atomic mass is 10.1. The Morgan fingerprint density at radius 3 is 2.43 bits per heavy atom. The average molecular weight is 314 g/mol. The third-order valence-electron chi connectivity index (χ3n) is 3.95. The van der Waals surface area contributed by atoms with Crippen LogP contribution in [0.15, 0.2) is 17.3 Å². The summed E-state index contributed by atoms with van der Waals surface area (Å²) in [7, 11) is -1.94. The molecule has 1 saturated heterocycles. The Labute approximate surface area is 125 Å². The van der Waals surface area contributed by atoms with E-state index in [2.05, 4.69) is 27.2 Å². The van der Waals surface area contributed by atoms with Crippen LogP contribution in [0.5, 0.6) is 0 Å². The summed E-state index contributed by atoms with van der Waals surface area (Å²) in [4.78, 5) is 10.1. The molecule has 0 saturated carbocycles. The first-order valence-electron chi connectivity index (χ1n) is 6.98. The minimum Gasteiger partial charge on any atom is -0.303 e. The minimum absolute atomic E-state index is 0.0186. The number of aromatic nitrogens is 2. The molecule has 1 aromatic rings. The molecule has 0 aliphatic carbocycles. The quantitative estimate of drug-likeness (QED) is 0.576. The highest BCUT2D eigenvalue weighted by atomic mass is 32.2. The monoisotopic (exact) mass is 314 g/mol. The van der Waals surface area contributed by atoms with Gasteiger partial charge in [0, 0.05) is 13.1 Å². The van der Waals surface area contributed by atoms with Crippen LogP contribution in [0, 0.1) is 0 Å². The molecule has 21 heavy (non-hydrogen) atoms. The van der Waals surface area contributed by atoms with E-state index in [4.69, 9.17) is 5.84 Å². The first-order chi connectivity index (χ1) is 9.98. The molecule has 0 spiro atoms. The highest BCUT2D eigenvalue weighted by Crippen LogP contribution is 2.22. The van der Waals surface area contributed by atoms with Gasteiger partial charge in [0.1, 0.15) is 4.90 Å². The zero-order valence-corrected chi connectivity index (χ0v) is 13.2. The van der Waals surface area contributed by atoms with Crippen molar-refractivity contribution in [3.8, 4) is 0 Å². The fourth-order valence-corrected chi connectivity index (χ4v) is 3.79. The maximum atomic E-state index is 12.6. The number of sulfonamides is 1. The lowest BCUT2D eigenvalue weighted by Crippen LogP contribution is -2.45. The van der Waals surface area contributed by atoms with Gasteiger partial charge in [-0.15, -0.1) is 0 Å². The van der Waals surface area contributed by atoms with Crippen LogP contribution < -0.4 is 11.3 Å². The van der Waals surface area contributed by atoms with Crippen molar-refractivity contribution in [3.05, 3.63) is 12.4 Å². The SMILES string of the molecule is CCN1CCC(N(C)S(=O)(=O)c2cnc(NN)nc2)CC1. The number of likely N-dealkylation sites (tertiary alicyclic amines) is 1. The minimum atomic E-state index is -3.57. The fraction of sp³-hybridized carbons (Fsp3) is 0.667. The third-order valence-corrected chi connectivity index (χ3v) is 5.82. The van der Waals surface area contributed by atoms with Gasteiger partial charge in [-0.3, -0.25) is 5.43 Å². The van der Waals surface area contributed by atoms with Crippen molar-refractivity contribution < 1.29 is 8.42 Å². The number of nitrogens with zero attached hydrogens (tertiary/aromatic N) is 4. The molecule has 0 bridgehead atoms. The van der Waals surface area contributed by atoms with Crippen molar-refractivity contribution in [1.82, 2.24) is 19.2 Å². The van der Waals surface area contributed by atoms with Gasteiger partial charge in [-0.2, -0.15) is 4.31 Å². The number of nitrogens with two attached hydrogens (primary N) is 1. The van der Waals surface area contributed by atoms with Crippen LogP contribution in [0.2, 0.25) is 0 Å². The zero-order chi connectivity index (χ0) is 15.5. The van der Waals surface area contributed by atoms with Gasteiger partial charge in [-0.25, -0.2) is 24.2 Å². The van der Waals surface area contributed by atoms with E-state index in [-0.39, 0.29) is 16.9 Å². The van der Waals surface area contributed by atoms with Gasteiger partial charge in [0.25, 0.3) is 0 Å². The molecule has 2 heterocycles. The second-order valence-corrected chi connectivity index (χ2v) is 7.07. The molecule has 118 valence electrons. The van der Waals surface area contributed by atoms with Crippen molar-refractivity contribution in [1.29, 1.82) is 0 Å². The molecule has 1 aliphatic rings. The highest BCUT2D eigenvalue weighted by molar-refractivity contribution is 7.89. The normalized spacial score (nSPS) is 18.1. The van der Waals surface area contributed by atoms with Crippen molar-refractivity contribution in [3.63, 3.8) is 0 Å². The lowest BCUT2D eigenvalue weighted by Gasteiger charge is -2.35. The van der Waals surface area contributed by atoms with E-state index >= 15 is 0 Å². The van der Waals surface area contributed by atoms with E-state index in [9.17, 15) is 8.42 Å². The van der Waals surface area contributed by atoms with Gasteiger partial charge in [0.05, 0.1) is 12.4 Å². The molecule has 0 radical (unpaired) electrons. The van der Waals surface area contributed by atoms with Crippen LogP contribution in [-0.4, -0.2) is 60.3 Å². The Balaban J connectivity index is 2.11. The topological polar surface area (TPSA) is 104 Å². The van der Waals surface area contributed by atoms with Gasteiger partial charge in [-0.1, -0.05) is 6.92 Å². The van der Waals surface area contributed by atoms with Crippen molar-refractivity contribution in [2.75, 3.05) is 32.1 Å². The number of anilines is 1. The number of nitrogens with one attached hydrogen (secondary N) is 1. The van der Waals surface area contributed by atoms with E-state index in [0.717, 1.165) is 32.5 Å². The summed E-state index contributed by atoms with van der Waals surface area (Å²) in [5.74, 6) is 5.36. The number of piperidine rings is 1. The van der Waals surface area contributed by atoms with Crippen LogP contribution in [0.3, 0.4) is 0 Å². The molecule has 9 heteroatoms. The summed E-state index contributed by atoms with van der Waals surface area (Å²) >= 11 is 0. The molecule has 1 aromatic heterocycles. The van der Waals surface area contributed by atoms with E-state index in [1.807, 2.05) is 0 Å². The molecule has 0 unspecified atom stereocenters. The molecular formula is C12H22N6O2S. The number of hydrogen-bond acceptors (Lipinski definition) is 7. The standard InChI is InChI=1S/C12H22N6O2S/c1-3-18-6-4-10(5-7-18)17(2)21(19,20)11-8-14-12(16-13)15-9-11/h8-10H,3-7,13H2,1-2H3,(H,14,15,16). The highest BCUT2D eigenvalue weighted by Gasteiger charge is 2.30. The summed E-state index contributed by atoms with van der Waals surface area (Å²) < 4.78 is 26.6. The lowest BCUT2D eigenvalue weighted by molar-refractivity contribution is 0.176. The molecule has 1 aliphatic heterocycles. The zero-order valence-electron chi connectivity index (χ0n) is 12.4. The molecule has 0 atom stereocenters. The Kier molecular flexibility index (Phi) is 5.09. The van der Waals surface area contributed by atoms with Gasteiger partial charge in [-0.05, 0) is 32.5 Å². The second kappa shape index (κ2) is 6.65. The van der Waals surface area contributed by atoms with E-state index in [1.54, 1.807) is 7.05 Å². The number of rotatable bonds is 5. The summed E-state index contributed by atoms with van der Waals surface area (Å²) in [6.07, 6.45) is 4.23. The van der Waals surface area contributed by atoms with E-state index in [0.29, 0.717) is 0 Å². The second-order valence-electron chi connectivity index (χ2n) is 5.07. The summed E-state index contributed by atoms with van der Waals surface area (Å²) in [5.41, 5.74) is 2.27. The maximum Gasteiger partial charge on any atom is 0.246 e. The van der Waals surface area contributed by atoms with Crippen LogP contribution >= 0.6 is 0 Å². The fourth-order valence-electron chi connectivity index (χ4n) is 2.49. The molecule has 8 nitrogen and oxygen atoms in total. The number of hydrazine groups is 1. The predicted molar refractivity (Wildman–Crippen MR) is 79.9 cm³/mol. The molecule has 0 amide bonds. The molecule has 0 aromatic carbocycles. The van der Waals surface area contributed by atoms with Gasteiger partial charge < -0.3 is 4.90 Å². The molecule has 2 rings (SSSR count). The average Bonchev–Trinajstić information content (AvgIpc) is 2.54. The van der Waals surface area contributed by atoms with Crippen LogP contribution in [0.1, 0.15) is 19.8 Å². The smallest absolute Gasteiger partial charge is 0.246 e. The first-order valence-corrected chi connectivity index (χ1v) is 8.42. The maximum absolute atomic E-state index is 12.6. The van der Waals surface area contributed by atoms with Crippen LogP contribution in [0.4, 0.5) is 5.95 Å². The van der Waals surface area contributed by atoms with Gasteiger partial charge in [0.15, 0.2) is 0 Å². The molecule has 1 fully saturated rings. The number of hydrogen-bond donors (Lipinski definition) is 2. The Bertz CT molecular complexity index is 554. The first kappa shape index (κ1) is 16.1. The predicted octanol–water partition coefficient (Wildman–Crippen LogP) is -0.133. The Morgan fingerprint density at radius 2 is 1.95 bits per heavy atom. The van der Waals surface area contributed by atoms with Gasteiger partial charge >= 0.3 is 0 Å². The molecular weight excluding hydrogens is 292 g/mol. The molecule has 3 N–H and O–H groups in total. The van der Waals surface area contributed by atoms with E-state index < -0.39 is 10.0 Å². The Morgan fingerprint density at radius 1 is 1.38 bits per heavy atom. The third kappa shape index (κ3) is 3.49. The van der Waals surface area contributed by atoms with Crippen molar-refractivity contribution in [2.45, 2.75) is 30.7 Å². The summed E-state index contributed by atoms with van der Waals surface area (Å²) in [6, 6.07) is 0.0186. The Hall–Kier alpha value is -1.29. The summed E-state index contributed by atoms with van der Waals surface area (Å²) in [5, 5.41) is 0.